The van der Waals surface area contributed by atoms with Crippen LogP contribution in [-0.4, -0.2) is 28.0 Å². The van der Waals surface area contributed by atoms with Gasteiger partial charge in [-0.2, -0.15) is 5.10 Å². The first-order valence-electron chi connectivity index (χ1n) is 6.55. The van der Waals surface area contributed by atoms with E-state index in [1.807, 2.05) is 26.0 Å². The number of carboxylic acid groups (broad SMARTS) is 1. The van der Waals surface area contributed by atoms with Crippen LogP contribution in [0.15, 0.2) is 30.9 Å². The fourth-order valence-electron chi connectivity index (χ4n) is 2.42. The molecular weight excluding hydrogens is 268 g/mol. The van der Waals surface area contributed by atoms with Gasteiger partial charge in [0.2, 0.25) is 0 Å². The van der Waals surface area contributed by atoms with Crippen LogP contribution < -0.4 is 4.74 Å². The molecule has 1 N–H and O–H groups in total. The predicted molar refractivity (Wildman–Crippen MR) is 80.8 cm³/mol. The third kappa shape index (κ3) is 2.81. The molecule has 5 nitrogen and oxygen atoms in total. The molecule has 0 fully saturated rings. The van der Waals surface area contributed by atoms with Gasteiger partial charge in [0, 0.05) is 5.56 Å². The number of carbonyl (C=O) groups is 1. The van der Waals surface area contributed by atoms with Gasteiger partial charge in [-0.15, -0.1) is 6.58 Å². The molecule has 0 aliphatic carbocycles. The first-order valence-corrected chi connectivity index (χ1v) is 6.55. The standard InChI is InChI=1S/C16H18N2O3/c1-5-6-18-14(16(19)20)9-13(17-18)15-10(2)7-12(21-4)8-11(15)3/h5,7-9H,1,6H2,2-4H3,(H,19,20). The van der Waals surface area contributed by atoms with Gasteiger partial charge in [0.1, 0.15) is 11.4 Å². The lowest BCUT2D eigenvalue weighted by atomic mass is 9.99. The normalized spacial score (nSPS) is 10.4. The minimum absolute atomic E-state index is 0.152. The van der Waals surface area contributed by atoms with Gasteiger partial charge in [-0.25, -0.2) is 4.79 Å². The van der Waals surface area contributed by atoms with Crippen LogP contribution in [0.5, 0.6) is 5.75 Å². The number of allylic oxidation sites excluding steroid dienone is 1. The highest BCUT2D eigenvalue weighted by Gasteiger charge is 2.17. The molecule has 0 bridgehead atoms. The van der Waals surface area contributed by atoms with E-state index < -0.39 is 5.97 Å². The van der Waals surface area contributed by atoms with E-state index in [1.165, 1.54) is 4.68 Å². The molecule has 21 heavy (non-hydrogen) atoms. The molecule has 1 aromatic carbocycles. The fourth-order valence-corrected chi connectivity index (χ4v) is 2.42. The molecule has 0 unspecified atom stereocenters. The molecule has 1 aromatic heterocycles. The van der Waals surface area contributed by atoms with Crippen LogP contribution in [0.25, 0.3) is 11.3 Å². The topological polar surface area (TPSA) is 64.4 Å². The van der Waals surface area contributed by atoms with Crippen molar-refractivity contribution in [3.63, 3.8) is 0 Å². The summed E-state index contributed by atoms with van der Waals surface area (Å²) in [6, 6.07) is 5.41. The summed E-state index contributed by atoms with van der Waals surface area (Å²) in [4.78, 5) is 11.3. The van der Waals surface area contributed by atoms with Gasteiger partial charge in [-0.05, 0) is 43.2 Å². The number of aryl methyl sites for hydroxylation is 2. The zero-order valence-corrected chi connectivity index (χ0v) is 12.4. The first-order chi connectivity index (χ1) is 9.97. The second-order valence-corrected chi connectivity index (χ2v) is 4.83. The molecule has 0 amide bonds. The second-order valence-electron chi connectivity index (χ2n) is 4.83. The van der Waals surface area contributed by atoms with Gasteiger partial charge in [-0.3, -0.25) is 4.68 Å². The first kappa shape index (κ1) is 14.8. The number of rotatable bonds is 5. The van der Waals surface area contributed by atoms with Crippen molar-refractivity contribution in [2.24, 2.45) is 0 Å². The minimum Gasteiger partial charge on any atom is -0.497 e. The highest BCUT2D eigenvalue weighted by Crippen LogP contribution is 2.30. The summed E-state index contributed by atoms with van der Waals surface area (Å²) in [7, 11) is 1.62. The van der Waals surface area contributed by atoms with Gasteiger partial charge < -0.3 is 9.84 Å². The van der Waals surface area contributed by atoms with Gasteiger partial charge in [0.25, 0.3) is 0 Å². The third-order valence-corrected chi connectivity index (χ3v) is 3.30. The fraction of sp³-hybridized carbons (Fsp3) is 0.250. The van der Waals surface area contributed by atoms with Crippen molar-refractivity contribution in [2.45, 2.75) is 20.4 Å². The molecule has 110 valence electrons. The number of ether oxygens (including phenoxy) is 1. The molecule has 2 aromatic rings. The summed E-state index contributed by atoms with van der Waals surface area (Å²) < 4.78 is 6.68. The molecule has 0 aliphatic heterocycles. The van der Waals surface area contributed by atoms with E-state index in [0.29, 0.717) is 12.2 Å². The number of nitrogens with zero attached hydrogens (tertiary/aromatic N) is 2. The number of benzene rings is 1. The Hall–Kier alpha value is -2.56. The molecule has 2 rings (SSSR count). The maximum atomic E-state index is 11.3. The number of hydrogen-bond donors (Lipinski definition) is 1. The number of hydrogen-bond acceptors (Lipinski definition) is 3. The Morgan fingerprint density at radius 1 is 1.38 bits per heavy atom. The van der Waals surface area contributed by atoms with Crippen molar-refractivity contribution in [3.05, 3.63) is 47.7 Å². The molecule has 0 atom stereocenters. The van der Waals surface area contributed by atoms with E-state index in [1.54, 1.807) is 19.3 Å². The van der Waals surface area contributed by atoms with Crippen LogP contribution in [0.4, 0.5) is 0 Å². The van der Waals surface area contributed by atoms with Crippen molar-refractivity contribution in [2.75, 3.05) is 7.11 Å². The highest BCUT2D eigenvalue weighted by molar-refractivity contribution is 5.87. The van der Waals surface area contributed by atoms with Gasteiger partial charge in [0.15, 0.2) is 0 Å². The van der Waals surface area contributed by atoms with Crippen LogP contribution >= 0.6 is 0 Å². The lowest BCUT2D eigenvalue weighted by Gasteiger charge is -2.10. The zero-order valence-electron chi connectivity index (χ0n) is 12.4. The summed E-state index contributed by atoms with van der Waals surface area (Å²) in [5.74, 6) is -0.225. The summed E-state index contributed by atoms with van der Waals surface area (Å²) >= 11 is 0. The summed E-state index contributed by atoms with van der Waals surface area (Å²) in [6.45, 7) is 7.90. The Labute approximate surface area is 123 Å². The third-order valence-electron chi connectivity index (χ3n) is 3.30. The second kappa shape index (κ2) is 5.83. The Balaban J connectivity index is 2.59. The van der Waals surface area contributed by atoms with E-state index in [2.05, 4.69) is 11.7 Å². The van der Waals surface area contributed by atoms with Crippen LogP contribution in [0.1, 0.15) is 21.6 Å². The van der Waals surface area contributed by atoms with Crippen LogP contribution in [0.2, 0.25) is 0 Å². The smallest absolute Gasteiger partial charge is 0.354 e. The molecule has 0 aliphatic rings. The average molecular weight is 286 g/mol. The largest absolute Gasteiger partial charge is 0.497 e. The SMILES string of the molecule is C=CCn1nc(-c2c(C)cc(OC)cc2C)cc1C(=O)O. The van der Waals surface area contributed by atoms with E-state index >= 15 is 0 Å². The van der Waals surface area contributed by atoms with E-state index in [9.17, 15) is 9.90 Å². The minimum atomic E-state index is -1.00. The monoisotopic (exact) mass is 286 g/mol. The van der Waals surface area contributed by atoms with Gasteiger partial charge in [0.05, 0.1) is 19.3 Å². The van der Waals surface area contributed by atoms with Crippen LogP contribution in [0, 0.1) is 13.8 Å². The number of aromatic nitrogens is 2. The molecule has 0 radical (unpaired) electrons. The quantitative estimate of drug-likeness (QED) is 0.858. The summed E-state index contributed by atoms with van der Waals surface area (Å²) in [5.41, 5.74) is 3.71. The molecule has 0 saturated carbocycles. The maximum Gasteiger partial charge on any atom is 0.354 e. The van der Waals surface area contributed by atoms with Crippen LogP contribution in [0.3, 0.4) is 0 Å². The predicted octanol–water partition coefficient (Wildman–Crippen LogP) is 3.06. The molecule has 0 spiro atoms. The van der Waals surface area contributed by atoms with Crippen molar-refractivity contribution >= 4 is 5.97 Å². The molecular formula is C16H18N2O3. The number of aromatic carboxylic acids is 1. The van der Waals surface area contributed by atoms with E-state index in [4.69, 9.17) is 4.74 Å². The van der Waals surface area contributed by atoms with E-state index in [0.717, 1.165) is 22.4 Å². The lowest BCUT2D eigenvalue weighted by Crippen LogP contribution is -2.08. The van der Waals surface area contributed by atoms with Gasteiger partial charge in [-0.1, -0.05) is 6.08 Å². The summed E-state index contributed by atoms with van der Waals surface area (Å²) in [5, 5.41) is 13.7. The molecule has 1 heterocycles. The zero-order chi connectivity index (χ0) is 15.6. The summed E-state index contributed by atoms with van der Waals surface area (Å²) in [6.07, 6.45) is 1.62. The number of carboxylic acids is 1. The number of methoxy groups -OCH3 is 1. The molecule has 5 heteroatoms. The Kier molecular flexibility index (Phi) is 4.12. The highest BCUT2D eigenvalue weighted by atomic mass is 16.5. The van der Waals surface area contributed by atoms with Crippen molar-refractivity contribution in [3.8, 4) is 17.0 Å². The van der Waals surface area contributed by atoms with Crippen molar-refractivity contribution < 1.29 is 14.6 Å². The maximum absolute atomic E-state index is 11.3. The van der Waals surface area contributed by atoms with Crippen molar-refractivity contribution in [1.82, 2.24) is 9.78 Å². The Morgan fingerprint density at radius 3 is 2.48 bits per heavy atom. The Bertz CT molecular complexity index is 679. The van der Waals surface area contributed by atoms with Gasteiger partial charge >= 0.3 is 5.97 Å². The molecule has 0 saturated heterocycles. The lowest BCUT2D eigenvalue weighted by molar-refractivity contribution is 0.0684. The average Bonchev–Trinajstić information content (AvgIpc) is 2.82. The van der Waals surface area contributed by atoms with Crippen LogP contribution in [-0.2, 0) is 6.54 Å². The Morgan fingerprint density at radius 2 is 2.00 bits per heavy atom. The van der Waals surface area contributed by atoms with Crippen molar-refractivity contribution in [1.29, 1.82) is 0 Å². The van der Waals surface area contributed by atoms with E-state index in [-0.39, 0.29) is 5.69 Å².